The summed E-state index contributed by atoms with van der Waals surface area (Å²) in [6.07, 6.45) is 5.68. The van der Waals surface area contributed by atoms with Crippen molar-refractivity contribution in [2.45, 2.75) is 32.7 Å². The molecule has 0 aliphatic carbocycles. The summed E-state index contributed by atoms with van der Waals surface area (Å²) in [7, 11) is 1.68. The predicted octanol–water partition coefficient (Wildman–Crippen LogP) is 1.65. The second-order valence-corrected chi connectivity index (χ2v) is 3.33. The van der Waals surface area contributed by atoms with E-state index in [9.17, 15) is 4.79 Å². The Labute approximate surface area is 79.8 Å². The molecule has 0 bridgehead atoms. The van der Waals surface area contributed by atoms with Crippen LogP contribution in [0.3, 0.4) is 0 Å². The number of rotatable bonds is 6. The third-order valence-corrected chi connectivity index (χ3v) is 2.06. The number of likely N-dealkylation sites (N-methyl/N-ethyl adjacent to an activating group) is 1. The van der Waals surface area contributed by atoms with E-state index in [-0.39, 0.29) is 0 Å². The number of nitrogens with one attached hydrogen (secondary N) is 1. The summed E-state index contributed by atoms with van der Waals surface area (Å²) in [5, 5.41) is 11.6. The van der Waals surface area contributed by atoms with E-state index in [4.69, 9.17) is 5.11 Å². The molecule has 0 saturated carbocycles. The molecule has 0 aromatic heterocycles. The Kier molecular flexibility index (Phi) is 6.24. The van der Waals surface area contributed by atoms with Gasteiger partial charge in [-0.25, -0.2) is 0 Å². The van der Waals surface area contributed by atoms with Crippen LogP contribution in [0.5, 0.6) is 0 Å². The minimum atomic E-state index is -0.769. The SMILES string of the molecule is CC=CC[C@@H](C)CC(NC)C(=O)O. The zero-order valence-corrected chi connectivity index (χ0v) is 8.58. The van der Waals surface area contributed by atoms with Gasteiger partial charge in [0, 0.05) is 0 Å². The summed E-state index contributed by atoms with van der Waals surface area (Å²) >= 11 is 0. The smallest absolute Gasteiger partial charge is 0.320 e. The largest absolute Gasteiger partial charge is 0.480 e. The molecule has 0 rings (SSSR count). The summed E-state index contributed by atoms with van der Waals surface area (Å²) in [4.78, 5) is 10.7. The summed E-state index contributed by atoms with van der Waals surface area (Å²) in [6, 6.07) is -0.416. The molecule has 0 aromatic rings. The van der Waals surface area contributed by atoms with Gasteiger partial charge in [0.2, 0.25) is 0 Å². The third kappa shape index (κ3) is 5.42. The van der Waals surface area contributed by atoms with Crippen molar-refractivity contribution in [1.82, 2.24) is 5.32 Å². The molecule has 0 saturated heterocycles. The van der Waals surface area contributed by atoms with Crippen LogP contribution in [0.1, 0.15) is 26.7 Å². The lowest BCUT2D eigenvalue weighted by atomic mass is 9.98. The number of aliphatic carboxylic acids is 1. The van der Waals surface area contributed by atoms with Crippen LogP contribution >= 0.6 is 0 Å². The molecule has 0 aliphatic heterocycles. The van der Waals surface area contributed by atoms with Crippen molar-refractivity contribution in [2.24, 2.45) is 5.92 Å². The topological polar surface area (TPSA) is 49.3 Å². The fourth-order valence-electron chi connectivity index (χ4n) is 1.21. The van der Waals surface area contributed by atoms with Crippen molar-refractivity contribution in [3.05, 3.63) is 12.2 Å². The number of carboxylic acids is 1. The van der Waals surface area contributed by atoms with Crippen molar-refractivity contribution < 1.29 is 9.90 Å². The Balaban J connectivity index is 3.86. The minimum absolute atomic E-state index is 0.407. The monoisotopic (exact) mass is 185 g/mol. The average Bonchev–Trinajstić information content (AvgIpc) is 2.10. The van der Waals surface area contributed by atoms with Crippen LogP contribution < -0.4 is 5.32 Å². The lowest BCUT2D eigenvalue weighted by Crippen LogP contribution is -2.35. The molecule has 13 heavy (non-hydrogen) atoms. The van der Waals surface area contributed by atoms with Crippen molar-refractivity contribution in [2.75, 3.05) is 7.05 Å². The first kappa shape index (κ1) is 12.2. The summed E-state index contributed by atoms with van der Waals surface area (Å²) in [5.74, 6) is -0.362. The van der Waals surface area contributed by atoms with E-state index in [1.165, 1.54) is 0 Å². The van der Waals surface area contributed by atoms with Gasteiger partial charge in [-0.05, 0) is 32.7 Å². The number of hydrogen-bond donors (Lipinski definition) is 2. The van der Waals surface area contributed by atoms with Crippen molar-refractivity contribution >= 4 is 5.97 Å². The first-order valence-electron chi connectivity index (χ1n) is 4.63. The van der Waals surface area contributed by atoms with E-state index in [0.717, 1.165) is 6.42 Å². The molecule has 3 heteroatoms. The van der Waals surface area contributed by atoms with Crippen LogP contribution in [-0.2, 0) is 4.79 Å². The van der Waals surface area contributed by atoms with Crippen molar-refractivity contribution in [3.63, 3.8) is 0 Å². The van der Waals surface area contributed by atoms with Crippen LogP contribution in [0.25, 0.3) is 0 Å². The molecule has 76 valence electrons. The molecule has 0 spiro atoms. The zero-order chi connectivity index (χ0) is 10.3. The second kappa shape index (κ2) is 6.66. The molecule has 0 fully saturated rings. The van der Waals surface area contributed by atoms with Crippen molar-refractivity contribution in [1.29, 1.82) is 0 Å². The molecule has 0 heterocycles. The molecule has 2 atom stereocenters. The third-order valence-electron chi connectivity index (χ3n) is 2.06. The van der Waals surface area contributed by atoms with Gasteiger partial charge in [0.05, 0.1) is 0 Å². The summed E-state index contributed by atoms with van der Waals surface area (Å²) in [5.41, 5.74) is 0. The van der Waals surface area contributed by atoms with E-state index in [2.05, 4.69) is 18.3 Å². The molecule has 1 unspecified atom stereocenters. The van der Waals surface area contributed by atoms with Gasteiger partial charge in [-0.2, -0.15) is 0 Å². The van der Waals surface area contributed by atoms with E-state index < -0.39 is 12.0 Å². The quantitative estimate of drug-likeness (QED) is 0.619. The van der Waals surface area contributed by atoms with Crippen molar-refractivity contribution in [3.8, 4) is 0 Å². The van der Waals surface area contributed by atoms with Crippen LogP contribution in [0.2, 0.25) is 0 Å². The van der Waals surface area contributed by atoms with Gasteiger partial charge in [0.25, 0.3) is 0 Å². The molecule has 0 aromatic carbocycles. The van der Waals surface area contributed by atoms with E-state index >= 15 is 0 Å². The molecule has 0 radical (unpaired) electrons. The number of carboxylic acid groups (broad SMARTS) is 1. The van der Waals surface area contributed by atoms with E-state index in [1.807, 2.05) is 13.0 Å². The maximum absolute atomic E-state index is 10.7. The van der Waals surface area contributed by atoms with Gasteiger partial charge >= 0.3 is 5.97 Å². The molecular formula is C10H19NO2. The Hall–Kier alpha value is -0.830. The fourth-order valence-corrected chi connectivity index (χ4v) is 1.21. The maximum atomic E-state index is 10.7. The van der Waals surface area contributed by atoms with E-state index in [0.29, 0.717) is 12.3 Å². The second-order valence-electron chi connectivity index (χ2n) is 3.33. The predicted molar refractivity (Wildman–Crippen MR) is 53.7 cm³/mol. The van der Waals surface area contributed by atoms with Gasteiger partial charge in [-0.1, -0.05) is 19.1 Å². The van der Waals surface area contributed by atoms with E-state index in [1.54, 1.807) is 7.05 Å². The minimum Gasteiger partial charge on any atom is -0.480 e. The fraction of sp³-hybridized carbons (Fsp3) is 0.700. The summed E-state index contributed by atoms with van der Waals surface area (Å²) < 4.78 is 0. The Bertz CT molecular complexity index is 178. The molecule has 2 N–H and O–H groups in total. The lowest BCUT2D eigenvalue weighted by molar-refractivity contribution is -0.139. The van der Waals surface area contributed by atoms with Crippen LogP contribution in [0.4, 0.5) is 0 Å². The first-order chi connectivity index (χ1) is 6.11. The molecule has 0 amide bonds. The van der Waals surface area contributed by atoms with Crippen LogP contribution in [0, 0.1) is 5.92 Å². The maximum Gasteiger partial charge on any atom is 0.320 e. The normalized spacial score (nSPS) is 15.9. The van der Waals surface area contributed by atoms with Gasteiger partial charge in [0.1, 0.15) is 6.04 Å². The Morgan fingerprint density at radius 3 is 2.62 bits per heavy atom. The first-order valence-corrected chi connectivity index (χ1v) is 4.63. The van der Waals surface area contributed by atoms with Gasteiger partial charge in [0.15, 0.2) is 0 Å². The highest BCUT2D eigenvalue weighted by atomic mass is 16.4. The van der Waals surface area contributed by atoms with Crippen LogP contribution in [0.15, 0.2) is 12.2 Å². The number of carbonyl (C=O) groups is 1. The number of hydrogen-bond acceptors (Lipinski definition) is 2. The highest BCUT2D eigenvalue weighted by molar-refractivity contribution is 5.73. The average molecular weight is 185 g/mol. The Morgan fingerprint density at radius 1 is 1.62 bits per heavy atom. The van der Waals surface area contributed by atoms with Gasteiger partial charge in [-0.15, -0.1) is 0 Å². The molecule has 3 nitrogen and oxygen atoms in total. The van der Waals surface area contributed by atoms with Gasteiger partial charge in [-0.3, -0.25) is 4.79 Å². The number of allylic oxidation sites excluding steroid dienone is 2. The molecule has 0 aliphatic rings. The highest BCUT2D eigenvalue weighted by Gasteiger charge is 2.17. The van der Waals surface area contributed by atoms with Crippen LogP contribution in [-0.4, -0.2) is 24.2 Å². The Morgan fingerprint density at radius 2 is 2.23 bits per heavy atom. The highest BCUT2D eigenvalue weighted by Crippen LogP contribution is 2.11. The zero-order valence-electron chi connectivity index (χ0n) is 8.58. The lowest BCUT2D eigenvalue weighted by Gasteiger charge is -2.15. The molecular weight excluding hydrogens is 166 g/mol. The standard InChI is InChI=1S/C10H19NO2/c1-4-5-6-8(2)7-9(11-3)10(12)13/h4-5,8-9,11H,6-7H2,1-3H3,(H,12,13)/t8-,9?/m1/s1. The van der Waals surface area contributed by atoms with Gasteiger partial charge < -0.3 is 10.4 Å². The summed E-state index contributed by atoms with van der Waals surface area (Å²) in [6.45, 7) is 4.03.